The third-order valence-corrected chi connectivity index (χ3v) is 8.43. The highest BCUT2D eigenvalue weighted by atomic mass is 32.2. The van der Waals surface area contributed by atoms with Gasteiger partial charge in [0.05, 0.1) is 18.1 Å². The summed E-state index contributed by atoms with van der Waals surface area (Å²) in [5.74, 6) is 0.676. The largest absolute Gasteiger partial charge is 0.385 e. The molecule has 0 unspecified atom stereocenters. The highest BCUT2D eigenvalue weighted by Crippen LogP contribution is 2.24. The molecule has 2 fully saturated rings. The average molecular weight is 458 g/mol. The number of ether oxygens (including phenoxy) is 1. The fourth-order valence-corrected chi connectivity index (χ4v) is 5.98. The molecule has 0 saturated carbocycles. The number of benzene rings is 2. The van der Waals surface area contributed by atoms with Crippen LogP contribution in [0.25, 0.3) is 0 Å². The minimum atomic E-state index is -3.41. The van der Waals surface area contributed by atoms with Crippen molar-refractivity contribution in [1.29, 1.82) is 0 Å². The Balaban J connectivity index is 1.18. The number of anilines is 1. The lowest BCUT2D eigenvalue weighted by molar-refractivity contribution is 0.0730. The molecule has 1 N–H and O–H groups in total. The highest BCUT2D eigenvalue weighted by molar-refractivity contribution is 7.89. The van der Waals surface area contributed by atoms with Gasteiger partial charge in [-0.2, -0.15) is 4.31 Å². The quantitative estimate of drug-likeness (QED) is 0.585. The van der Waals surface area contributed by atoms with Gasteiger partial charge in [-0.1, -0.05) is 30.3 Å². The summed E-state index contributed by atoms with van der Waals surface area (Å²) in [5.41, 5.74) is 2.42. The molecule has 0 atom stereocenters. The third-order valence-electron chi connectivity index (χ3n) is 6.52. The second kappa shape index (κ2) is 11.3. The lowest BCUT2D eigenvalue weighted by Crippen LogP contribution is -2.40. The van der Waals surface area contributed by atoms with Crippen LogP contribution in [0.5, 0.6) is 0 Å². The molecule has 0 bridgehead atoms. The molecule has 2 aliphatic rings. The van der Waals surface area contributed by atoms with E-state index in [0.717, 1.165) is 39.0 Å². The van der Waals surface area contributed by atoms with E-state index in [2.05, 4.69) is 34.5 Å². The van der Waals surface area contributed by atoms with Gasteiger partial charge in [-0.15, -0.1) is 0 Å². The van der Waals surface area contributed by atoms with E-state index in [9.17, 15) is 8.42 Å². The van der Waals surface area contributed by atoms with E-state index in [4.69, 9.17) is 4.74 Å². The molecule has 0 spiro atoms. The van der Waals surface area contributed by atoms with Gasteiger partial charge in [-0.25, -0.2) is 8.42 Å². The van der Waals surface area contributed by atoms with Crippen molar-refractivity contribution in [3.8, 4) is 0 Å². The molecule has 2 saturated heterocycles. The normalized spacial score (nSPS) is 19.1. The number of nitrogens with one attached hydrogen (secondary N) is 1. The third kappa shape index (κ3) is 6.32. The van der Waals surface area contributed by atoms with Crippen LogP contribution in [0.15, 0.2) is 59.5 Å². The molecule has 2 aromatic carbocycles. The first-order chi connectivity index (χ1) is 15.6. The van der Waals surface area contributed by atoms with Crippen LogP contribution in [0.1, 0.15) is 24.8 Å². The zero-order valence-corrected chi connectivity index (χ0v) is 19.6. The molecular formula is C25H35N3O3S. The van der Waals surface area contributed by atoms with Crippen molar-refractivity contribution in [1.82, 2.24) is 9.21 Å². The predicted molar refractivity (Wildman–Crippen MR) is 128 cm³/mol. The smallest absolute Gasteiger partial charge is 0.243 e. The summed E-state index contributed by atoms with van der Waals surface area (Å²) >= 11 is 0. The van der Waals surface area contributed by atoms with Crippen LogP contribution in [0, 0.1) is 5.92 Å². The molecule has 0 radical (unpaired) electrons. The van der Waals surface area contributed by atoms with Crippen LogP contribution in [0.4, 0.5) is 5.69 Å². The topological polar surface area (TPSA) is 61.9 Å². The average Bonchev–Trinajstić information content (AvgIpc) is 2.84. The van der Waals surface area contributed by atoms with E-state index in [1.807, 2.05) is 18.2 Å². The summed E-state index contributed by atoms with van der Waals surface area (Å²) in [6.45, 7) is 6.26. The first kappa shape index (κ1) is 23.2. The summed E-state index contributed by atoms with van der Waals surface area (Å²) in [6.07, 6.45) is 4.60. The summed E-state index contributed by atoms with van der Waals surface area (Å²) in [5, 5.41) is 3.48. The molecule has 0 amide bonds. The van der Waals surface area contributed by atoms with Gasteiger partial charge >= 0.3 is 0 Å². The van der Waals surface area contributed by atoms with Gasteiger partial charge in [0.1, 0.15) is 0 Å². The number of para-hydroxylation sites is 1. The van der Waals surface area contributed by atoms with Crippen molar-refractivity contribution < 1.29 is 13.2 Å². The summed E-state index contributed by atoms with van der Waals surface area (Å²) in [7, 11) is -3.41. The molecule has 2 aliphatic heterocycles. The van der Waals surface area contributed by atoms with Gasteiger partial charge in [-0.05, 0) is 81.1 Å². The maximum Gasteiger partial charge on any atom is 0.243 e. The SMILES string of the molecule is O=S(=O)(c1ccc(CC2CCN(CCCNc3ccccc3)CC2)cc1)N1CCOCC1. The van der Waals surface area contributed by atoms with E-state index >= 15 is 0 Å². The van der Waals surface area contributed by atoms with E-state index in [1.54, 1.807) is 12.1 Å². The van der Waals surface area contributed by atoms with E-state index in [0.29, 0.717) is 37.1 Å². The van der Waals surface area contributed by atoms with Crippen molar-refractivity contribution in [3.05, 3.63) is 60.2 Å². The Morgan fingerprint density at radius 1 is 0.906 bits per heavy atom. The summed E-state index contributed by atoms with van der Waals surface area (Å²) < 4.78 is 32.3. The van der Waals surface area contributed by atoms with Gasteiger partial charge in [0.15, 0.2) is 0 Å². The molecular weight excluding hydrogens is 422 g/mol. The second-order valence-corrected chi connectivity index (χ2v) is 10.7. The molecule has 2 heterocycles. The summed E-state index contributed by atoms with van der Waals surface area (Å²) in [6, 6.07) is 17.9. The van der Waals surface area contributed by atoms with Gasteiger partial charge in [0.25, 0.3) is 0 Å². The molecule has 7 heteroatoms. The Kier molecular flexibility index (Phi) is 8.19. The number of rotatable bonds is 9. The Morgan fingerprint density at radius 2 is 1.59 bits per heavy atom. The number of likely N-dealkylation sites (tertiary alicyclic amines) is 1. The monoisotopic (exact) mass is 457 g/mol. The van der Waals surface area contributed by atoms with Crippen LogP contribution in [0.3, 0.4) is 0 Å². The van der Waals surface area contributed by atoms with Crippen molar-refractivity contribution in [2.24, 2.45) is 5.92 Å². The Hall–Kier alpha value is -1.93. The van der Waals surface area contributed by atoms with E-state index < -0.39 is 10.0 Å². The van der Waals surface area contributed by atoms with Crippen molar-refractivity contribution in [2.45, 2.75) is 30.6 Å². The van der Waals surface area contributed by atoms with E-state index in [1.165, 1.54) is 28.4 Å². The zero-order chi connectivity index (χ0) is 22.2. The number of hydrogen-bond acceptors (Lipinski definition) is 5. The summed E-state index contributed by atoms with van der Waals surface area (Å²) in [4.78, 5) is 2.96. The maximum absolute atomic E-state index is 12.8. The first-order valence-electron chi connectivity index (χ1n) is 11.8. The lowest BCUT2D eigenvalue weighted by atomic mass is 9.90. The van der Waals surface area contributed by atoms with Crippen LogP contribution in [-0.4, -0.2) is 70.1 Å². The standard InChI is InChI=1S/C25H35N3O3S/c29-32(30,28-17-19-31-20-18-28)25-9-7-22(8-10-25)21-23-11-15-27(16-12-23)14-4-13-26-24-5-2-1-3-6-24/h1-3,5-10,23,26H,4,11-21H2. The molecule has 174 valence electrons. The molecule has 6 nitrogen and oxygen atoms in total. The molecule has 2 aromatic rings. The molecule has 4 rings (SSSR count). The van der Waals surface area contributed by atoms with Gasteiger partial charge in [0, 0.05) is 25.3 Å². The Morgan fingerprint density at radius 3 is 2.28 bits per heavy atom. The molecule has 32 heavy (non-hydrogen) atoms. The Bertz CT molecular complexity index is 921. The number of morpholine rings is 1. The molecule has 0 aliphatic carbocycles. The van der Waals surface area contributed by atoms with Crippen LogP contribution in [0.2, 0.25) is 0 Å². The maximum atomic E-state index is 12.8. The molecule has 0 aromatic heterocycles. The zero-order valence-electron chi connectivity index (χ0n) is 18.8. The highest BCUT2D eigenvalue weighted by Gasteiger charge is 2.26. The second-order valence-electron chi connectivity index (χ2n) is 8.80. The number of nitrogens with zero attached hydrogens (tertiary/aromatic N) is 2. The minimum absolute atomic E-state index is 0.391. The van der Waals surface area contributed by atoms with E-state index in [-0.39, 0.29) is 0 Å². The van der Waals surface area contributed by atoms with Crippen LogP contribution in [-0.2, 0) is 21.2 Å². The van der Waals surface area contributed by atoms with Crippen molar-refractivity contribution in [3.63, 3.8) is 0 Å². The lowest BCUT2D eigenvalue weighted by Gasteiger charge is -2.32. The number of hydrogen-bond donors (Lipinski definition) is 1. The predicted octanol–water partition coefficient (Wildman–Crippen LogP) is 3.46. The van der Waals surface area contributed by atoms with Gasteiger partial charge < -0.3 is 15.0 Å². The van der Waals surface area contributed by atoms with Crippen LogP contribution >= 0.6 is 0 Å². The number of sulfonamides is 1. The minimum Gasteiger partial charge on any atom is -0.385 e. The van der Waals surface area contributed by atoms with Gasteiger partial charge in [0.2, 0.25) is 10.0 Å². The fraction of sp³-hybridized carbons (Fsp3) is 0.520. The number of piperidine rings is 1. The Labute approximate surface area is 192 Å². The van der Waals surface area contributed by atoms with Crippen molar-refractivity contribution >= 4 is 15.7 Å². The fourth-order valence-electron chi connectivity index (χ4n) is 4.57. The van der Waals surface area contributed by atoms with Crippen LogP contribution < -0.4 is 5.32 Å². The first-order valence-corrected chi connectivity index (χ1v) is 13.2. The van der Waals surface area contributed by atoms with Gasteiger partial charge in [-0.3, -0.25) is 0 Å². The van der Waals surface area contributed by atoms with Crippen molar-refractivity contribution in [2.75, 3.05) is 57.8 Å².